The summed E-state index contributed by atoms with van der Waals surface area (Å²) in [5.74, 6) is 6.35. The Kier molecular flexibility index (Phi) is 8.97. The van der Waals surface area contributed by atoms with Crippen LogP contribution in [0.15, 0.2) is 24.4 Å². The highest BCUT2D eigenvalue weighted by molar-refractivity contribution is 7.15. The van der Waals surface area contributed by atoms with Gasteiger partial charge in [-0.25, -0.2) is 9.78 Å². The molecule has 0 atom stereocenters. The predicted octanol–water partition coefficient (Wildman–Crippen LogP) is 6.66. The number of rotatable bonds is 6. The lowest BCUT2D eigenvalue weighted by atomic mass is 9.81. The average Bonchev–Trinajstić information content (AvgIpc) is 3.33. The van der Waals surface area contributed by atoms with Crippen molar-refractivity contribution in [2.75, 3.05) is 4.90 Å². The number of hydrogen-bond acceptors (Lipinski definition) is 6. The minimum Gasteiger partial charge on any atom is -0.477 e. The summed E-state index contributed by atoms with van der Waals surface area (Å²) in [6, 6.07) is 7.14. The van der Waals surface area contributed by atoms with Gasteiger partial charge in [-0.1, -0.05) is 18.8 Å². The molecule has 0 spiro atoms. The van der Waals surface area contributed by atoms with Crippen LogP contribution in [0.1, 0.15) is 99.2 Å². The predicted molar refractivity (Wildman–Crippen MR) is 152 cm³/mol. The molecule has 0 bridgehead atoms. The fourth-order valence-electron chi connectivity index (χ4n) is 5.33. The molecule has 0 unspecified atom stereocenters. The molecular weight excluding hydrogens is 510 g/mol. The molecule has 2 heterocycles. The number of pyridine rings is 1. The highest BCUT2D eigenvalue weighted by Gasteiger charge is 2.37. The number of nitriles is 1. The zero-order valence-electron chi connectivity index (χ0n) is 23.2. The second-order valence-corrected chi connectivity index (χ2v) is 12.9. The van der Waals surface area contributed by atoms with Gasteiger partial charge in [0.25, 0.3) is 0 Å². The second-order valence-electron chi connectivity index (χ2n) is 11.8. The number of anilines is 1. The molecular formula is C31H37N3O4S. The summed E-state index contributed by atoms with van der Waals surface area (Å²) in [7, 11) is 0. The monoisotopic (exact) mass is 547 g/mol. The van der Waals surface area contributed by atoms with Gasteiger partial charge in [0.1, 0.15) is 17.1 Å². The van der Waals surface area contributed by atoms with Crippen molar-refractivity contribution in [2.24, 2.45) is 17.3 Å². The summed E-state index contributed by atoms with van der Waals surface area (Å²) in [5.41, 5.74) is 0.741. The van der Waals surface area contributed by atoms with E-state index in [9.17, 15) is 14.7 Å². The van der Waals surface area contributed by atoms with E-state index >= 15 is 0 Å². The van der Waals surface area contributed by atoms with Crippen LogP contribution in [0.4, 0.5) is 5.69 Å². The SMILES string of the molecule is CC(C)(C)C#Cc1cc(N(C(=O)[C@H]2CC[C@H](C)CC2)[C@H]2CC[C@H](Oc3ccc(C#N)cn3)CC2)c(C(=O)O)s1. The zero-order chi connectivity index (χ0) is 28.2. The number of carboxylic acids is 1. The maximum Gasteiger partial charge on any atom is 0.348 e. The van der Waals surface area contributed by atoms with Crippen LogP contribution in [0.3, 0.4) is 0 Å². The number of thiophene rings is 1. The van der Waals surface area contributed by atoms with Crippen LogP contribution in [-0.2, 0) is 4.79 Å². The molecule has 2 saturated carbocycles. The average molecular weight is 548 g/mol. The summed E-state index contributed by atoms with van der Waals surface area (Å²) >= 11 is 1.15. The summed E-state index contributed by atoms with van der Waals surface area (Å²) in [6.07, 6.45) is 8.00. The first-order valence-electron chi connectivity index (χ1n) is 13.8. The van der Waals surface area contributed by atoms with Gasteiger partial charge in [-0.3, -0.25) is 4.79 Å². The van der Waals surface area contributed by atoms with E-state index in [-0.39, 0.29) is 34.3 Å². The number of aromatic carboxylic acids is 1. The van der Waals surface area contributed by atoms with Gasteiger partial charge in [0.05, 0.1) is 16.1 Å². The third-order valence-corrected chi connectivity index (χ3v) is 8.52. The quantitative estimate of drug-likeness (QED) is 0.406. The molecule has 39 heavy (non-hydrogen) atoms. The van der Waals surface area contributed by atoms with Crippen LogP contribution in [0.25, 0.3) is 0 Å². The summed E-state index contributed by atoms with van der Waals surface area (Å²) in [6.45, 7) is 8.27. The third kappa shape index (κ3) is 7.40. The van der Waals surface area contributed by atoms with Gasteiger partial charge in [0.15, 0.2) is 0 Å². The fourth-order valence-corrected chi connectivity index (χ4v) is 6.17. The Morgan fingerprint density at radius 1 is 1.10 bits per heavy atom. The van der Waals surface area contributed by atoms with Crippen molar-refractivity contribution in [3.8, 4) is 23.8 Å². The molecule has 8 heteroatoms. The van der Waals surface area contributed by atoms with Crippen molar-refractivity contribution < 1.29 is 19.4 Å². The van der Waals surface area contributed by atoms with E-state index in [4.69, 9.17) is 10.00 Å². The lowest BCUT2D eigenvalue weighted by molar-refractivity contribution is -0.124. The molecule has 2 aromatic rings. The fraction of sp³-hybridized carbons (Fsp3) is 0.548. The molecule has 2 aromatic heterocycles. The highest BCUT2D eigenvalue weighted by Crippen LogP contribution is 2.39. The molecule has 2 aliphatic carbocycles. The number of amides is 1. The van der Waals surface area contributed by atoms with E-state index in [0.29, 0.717) is 40.8 Å². The first-order chi connectivity index (χ1) is 18.5. The van der Waals surface area contributed by atoms with Gasteiger partial charge in [-0.2, -0.15) is 5.26 Å². The normalized spacial score (nSPS) is 23.2. The van der Waals surface area contributed by atoms with Gasteiger partial charge in [0.2, 0.25) is 11.8 Å². The maximum atomic E-state index is 14.1. The summed E-state index contributed by atoms with van der Waals surface area (Å²) in [5, 5.41) is 19.1. The molecule has 1 amide bonds. The van der Waals surface area contributed by atoms with E-state index in [1.54, 1.807) is 23.1 Å². The van der Waals surface area contributed by atoms with Gasteiger partial charge in [-0.15, -0.1) is 11.3 Å². The Morgan fingerprint density at radius 2 is 1.79 bits per heavy atom. The topological polar surface area (TPSA) is 104 Å². The van der Waals surface area contributed by atoms with Crippen molar-refractivity contribution in [1.82, 2.24) is 4.98 Å². The molecule has 0 radical (unpaired) electrons. The number of carbonyl (C=O) groups is 2. The van der Waals surface area contributed by atoms with Gasteiger partial charge in [-0.05, 0) is 90.2 Å². The number of carboxylic acid groups (broad SMARTS) is 1. The minimum absolute atomic E-state index is 0.0376. The number of aromatic nitrogens is 1. The van der Waals surface area contributed by atoms with Crippen molar-refractivity contribution in [2.45, 2.75) is 91.2 Å². The Morgan fingerprint density at radius 3 is 2.36 bits per heavy atom. The van der Waals surface area contributed by atoms with Crippen LogP contribution in [0.5, 0.6) is 5.88 Å². The Bertz CT molecular complexity index is 1280. The molecule has 0 saturated heterocycles. The summed E-state index contributed by atoms with van der Waals surface area (Å²) < 4.78 is 6.07. The van der Waals surface area contributed by atoms with Gasteiger partial charge < -0.3 is 14.7 Å². The van der Waals surface area contributed by atoms with E-state index in [1.165, 1.54) is 6.20 Å². The van der Waals surface area contributed by atoms with E-state index in [0.717, 1.165) is 49.9 Å². The largest absolute Gasteiger partial charge is 0.477 e. The number of ether oxygens (including phenoxy) is 1. The van der Waals surface area contributed by atoms with Crippen LogP contribution in [0.2, 0.25) is 0 Å². The van der Waals surface area contributed by atoms with Gasteiger partial charge in [0, 0.05) is 29.6 Å². The van der Waals surface area contributed by atoms with Crippen molar-refractivity contribution >= 4 is 28.9 Å². The minimum atomic E-state index is -1.03. The third-order valence-electron chi connectivity index (χ3n) is 7.49. The van der Waals surface area contributed by atoms with Crippen molar-refractivity contribution in [3.05, 3.63) is 39.7 Å². The smallest absolute Gasteiger partial charge is 0.348 e. The molecule has 2 aliphatic rings. The summed E-state index contributed by atoms with van der Waals surface area (Å²) in [4.78, 5) is 33.3. The molecule has 1 N–H and O–H groups in total. The van der Waals surface area contributed by atoms with Crippen LogP contribution < -0.4 is 9.64 Å². The molecule has 4 rings (SSSR count). The van der Waals surface area contributed by atoms with E-state index < -0.39 is 5.97 Å². The second kappa shape index (κ2) is 12.2. The lowest BCUT2D eigenvalue weighted by Gasteiger charge is -2.39. The zero-order valence-corrected chi connectivity index (χ0v) is 24.0. The number of hydrogen-bond donors (Lipinski definition) is 1. The standard InChI is InChI=1S/C31H37N3O4S/c1-20-5-8-22(9-6-20)29(35)34(26-17-25(15-16-31(2,3)4)39-28(26)30(36)37)23-10-12-24(13-11-23)38-27-14-7-21(18-32)19-33-27/h7,14,17,19-20,22-24H,5-6,8-13H2,1-4H3,(H,36,37)/t20-,22-,23-,24-. The molecule has 2 fully saturated rings. The number of nitrogens with zero attached hydrogens (tertiary/aromatic N) is 3. The lowest BCUT2D eigenvalue weighted by Crippen LogP contribution is -2.47. The molecule has 0 aliphatic heterocycles. The van der Waals surface area contributed by atoms with Crippen LogP contribution >= 0.6 is 11.3 Å². The Balaban J connectivity index is 1.59. The number of carbonyl (C=O) groups excluding carboxylic acids is 1. The van der Waals surface area contributed by atoms with Crippen molar-refractivity contribution in [1.29, 1.82) is 5.26 Å². The highest BCUT2D eigenvalue weighted by atomic mass is 32.1. The molecule has 7 nitrogen and oxygen atoms in total. The first-order valence-corrected chi connectivity index (χ1v) is 14.6. The maximum absolute atomic E-state index is 14.1. The first kappa shape index (κ1) is 28.6. The molecule has 206 valence electrons. The van der Waals surface area contributed by atoms with Crippen molar-refractivity contribution in [3.63, 3.8) is 0 Å². The Labute approximate surface area is 235 Å². The Hall–Kier alpha value is -3.36. The van der Waals surface area contributed by atoms with E-state index in [2.05, 4.69) is 29.8 Å². The van der Waals surface area contributed by atoms with E-state index in [1.807, 2.05) is 20.8 Å². The van der Waals surface area contributed by atoms with Crippen LogP contribution in [0, 0.1) is 40.4 Å². The van der Waals surface area contributed by atoms with Crippen LogP contribution in [-0.4, -0.2) is 34.1 Å². The molecule has 0 aromatic carbocycles. The van der Waals surface area contributed by atoms with Gasteiger partial charge >= 0.3 is 5.97 Å².